The molecular weight excluding hydrogens is 423 g/mol. The summed E-state index contributed by atoms with van der Waals surface area (Å²) in [7, 11) is 0. The van der Waals surface area contributed by atoms with Gasteiger partial charge in [-0.2, -0.15) is 0 Å². The van der Waals surface area contributed by atoms with Crippen molar-refractivity contribution in [3.63, 3.8) is 0 Å². The minimum atomic E-state index is -0.953. The predicted molar refractivity (Wildman–Crippen MR) is 121 cm³/mol. The predicted octanol–water partition coefficient (Wildman–Crippen LogP) is 4.41. The summed E-state index contributed by atoms with van der Waals surface area (Å²) < 4.78 is 19.5. The number of amides is 1. The second-order valence-electron chi connectivity index (χ2n) is 7.46. The van der Waals surface area contributed by atoms with Crippen LogP contribution >= 0.6 is 0 Å². The Kier molecular flexibility index (Phi) is 6.31. The zero-order valence-electron chi connectivity index (χ0n) is 17.6. The smallest absolute Gasteiger partial charge is 0.295 e. The van der Waals surface area contributed by atoms with Gasteiger partial charge in [0.1, 0.15) is 23.9 Å². The van der Waals surface area contributed by atoms with Crippen molar-refractivity contribution in [3.8, 4) is 5.75 Å². The molecule has 1 saturated heterocycles. The van der Waals surface area contributed by atoms with E-state index in [4.69, 9.17) is 4.74 Å². The molecule has 3 aromatic rings. The number of aliphatic hydroxyl groups is 1. The molecule has 33 heavy (non-hydrogen) atoms. The van der Waals surface area contributed by atoms with E-state index in [1.54, 1.807) is 60.9 Å². The van der Waals surface area contributed by atoms with Crippen molar-refractivity contribution in [2.24, 2.45) is 0 Å². The lowest BCUT2D eigenvalue weighted by atomic mass is 9.95. The first-order valence-corrected chi connectivity index (χ1v) is 10.3. The van der Waals surface area contributed by atoms with Crippen LogP contribution in [0.4, 0.5) is 4.39 Å². The van der Waals surface area contributed by atoms with Gasteiger partial charge in [-0.05, 0) is 59.7 Å². The standard InChI is InChI=1S/C26H21FN2O4/c1-2-14-33-21-8-6-18(7-9-21)24(30)22-23(19-4-3-5-20(27)15-19)29(26(32)25(22)31)16-17-10-12-28-13-11-17/h2-13,15,23,30H,1,14,16H2/t23-/m1/s1. The third-order valence-electron chi connectivity index (χ3n) is 5.30. The highest BCUT2D eigenvalue weighted by atomic mass is 19.1. The van der Waals surface area contributed by atoms with Crippen molar-refractivity contribution in [2.45, 2.75) is 12.6 Å². The molecule has 1 aromatic heterocycles. The van der Waals surface area contributed by atoms with Crippen LogP contribution < -0.4 is 4.74 Å². The van der Waals surface area contributed by atoms with Gasteiger partial charge in [-0.3, -0.25) is 14.6 Å². The van der Waals surface area contributed by atoms with Gasteiger partial charge in [-0.25, -0.2) is 4.39 Å². The first kappa shape index (κ1) is 22.0. The van der Waals surface area contributed by atoms with E-state index in [1.165, 1.54) is 23.1 Å². The van der Waals surface area contributed by atoms with Crippen molar-refractivity contribution in [3.05, 3.63) is 114 Å². The zero-order chi connectivity index (χ0) is 23.4. The molecular formula is C26H21FN2O4. The van der Waals surface area contributed by atoms with Gasteiger partial charge in [-0.1, -0.05) is 24.8 Å². The number of ketones is 1. The number of carbonyl (C=O) groups is 2. The van der Waals surface area contributed by atoms with E-state index in [2.05, 4.69) is 11.6 Å². The van der Waals surface area contributed by atoms with Crippen LogP contribution in [-0.2, 0) is 16.1 Å². The summed E-state index contributed by atoms with van der Waals surface area (Å²) >= 11 is 0. The Hall–Kier alpha value is -4.26. The molecule has 1 N–H and O–H groups in total. The SMILES string of the molecule is C=CCOc1ccc(C(O)=C2C(=O)C(=O)N(Cc3ccncc3)[C@@H]2c2cccc(F)c2)cc1. The van der Waals surface area contributed by atoms with Crippen LogP contribution in [0.15, 0.2) is 91.3 Å². The Morgan fingerprint density at radius 3 is 2.52 bits per heavy atom. The highest BCUT2D eigenvalue weighted by Crippen LogP contribution is 2.40. The van der Waals surface area contributed by atoms with Crippen molar-refractivity contribution in [1.82, 2.24) is 9.88 Å². The monoisotopic (exact) mass is 444 g/mol. The number of aliphatic hydroxyl groups excluding tert-OH is 1. The largest absolute Gasteiger partial charge is 0.507 e. The van der Waals surface area contributed by atoms with Gasteiger partial charge in [-0.15, -0.1) is 0 Å². The summed E-state index contributed by atoms with van der Waals surface area (Å²) in [5, 5.41) is 11.1. The lowest BCUT2D eigenvalue weighted by Gasteiger charge is -2.25. The fraction of sp³-hybridized carbons (Fsp3) is 0.115. The number of aromatic nitrogens is 1. The average molecular weight is 444 g/mol. The van der Waals surface area contributed by atoms with E-state index in [1.807, 2.05) is 0 Å². The minimum Gasteiger partial charge on any atom is -0.507 e. The van der Waals surface area contributed by atoms with Gasteiger partial charge in [0, 0.05) is 24.5 Å². The maximum Gasteiger partial charge on any atom is 0.295 e. The topological polar surface area (TPSA) is 79.7 Å². The van der Waals surface area contributed by atoms with Crippen LogP contribution in [0.5, 0.6) is 5.75 Å². The summed E-state index contributed by atoms with van der Waals surface area (Å²) in [4.78, 5) is 31.3. The second-order valence-corrected chi connectivity index (χ2v) is 7.46. The summed E-state index contributed by atoms with van der Waals surface area (Å²) in [5.74, 6) is -1.89. The molecule has 0 radical (unpaired) electrons. The fourth-order valence-electron chi connectivity index (χ4n) is 3.77. The van der Waals surface area contributed by atoms with Crippen LogP contribution in [0.3, 0.4) is 0 Å². The number of hydrogen-bond acceptors (Lipinski definition) is 5. The number of benzene rings is 2. The summed E-state index contributed by atoms with van der Waals surface area (Å²) in [6.45, 7) is 4.01. The lowest BCUT2D eigenvalue weighted by molar-refractivity contribution is -0.140. The highest BCUT2D eigenvalue weighted by molar-refractivity contribution is 6.46. The molecule has 1 atom stereocenters. The quantitative estimate of drug-likeness (QED) is 0.253. The van der Waals surface area contributed by atoms with Gasteiger partial charge >= 0.3 is 0 Å². The van der Waals surface area contributed by atoms with Crippen molar-refractivity contribution >= 4 is 17.4 Å². The van der Waals surface area contributed by atoms with Crippen LogP contribution in [0.25, 0.3) is 5.76 Å². The maximum absolute atomic E-state index is 14.1. The Balaban J connectivity index is 1.79. The first-order valence-electron chi connectivity index (χ1n) is 10.3. The molecule has 0 saturated carbocycles. The Morgan fingerprint density at radius 1 is 1.12 bits per heavy atom. The van der Waals surface area contributed by atoms with Crippen molar-refractivity contribution in [2.75, 3.05) is 6.61 Å². The summed E-state index contributed by atoms with van der Waals surface area (Å²) in [5.41, 5.74) is 1.37. The zero-order valence-corrected chi connectivity index (χ0v) is 17.6. The summed E-state index contributed by atoms with van der Waals surface area (Å²) in [6.07, 6.45) is 4.77. The number of likely N-dealkylation sites (tertiary alicyclic amines) is 1. The van der Waals surface area contributed by atoms with Crippen LogP contribution in [0, 0.1) is 5.82 Å². The third kappa shape index (κ3) is 4.52. The average Bonchev–Trinajstić information content (AvgIpc) is 3.08. The molecule has 1 fully saturated rings. The van der Waals surface area contributed by atoms with Gasteiger partial charge in [0.05, 0.1) is 11.6 Å². The number of ether oxygens (including phenoxy) is 1. The molecule has 6 nitrogen and oxygen atoms in total. The molecule has 4 rings (SSSR count). The van der Waals surface area contributed by atoms with E-state index in [9.17, 15) is 19.1 Å². The number of carbonyl (C=O) groups excluding carboxylic acids is 2. The van der Waals surface area contributed by atoms with Crippen LogP contribution in [0.2, 0.25) is 0 Å². The van der Waals surface area contributed by atoms with Crippen molar-refractivity contribution in [1.29, 1.82) is 0 Å². The Bertz CT molecular complexity index is 1220. The highest BCUT2D eigenvalue weighted by Gasteiger charge is 2.46. The number of Topliss-reactive ketones (excluding diaryl/α,β-unsaturated/α-hetero) is 1. The lowest BCUT2D eigenvalue weighted by Crippen LogP contribution is -2.29. The van der Waals surface area contributed by atoms with E-state index in [-0.39, 0.29) is 17.9 Å². The molecule has 166 valence electrons. The van der Waals surface area contributed by atoms with Crippen LogP contribution in [-0.4, -0.2) is 33.3 Å². The molecule has 0 unspecified atom stereocenters. The van der Waals surface area contributed by atoms with Crippen molar-refractivity contribution < 1.29 is 23.8 Å². The summed E-state index contributed by atoms with van der Waals surface area (Å²) in [6, 6.07) is 14.6. The van der Waals surface area contributed by atoms with Gasteiger partial charge in [0.2, 0.25) is 0 Å². The Morgan fingerprint density at radius 2 is 1.85 bits per heavy atom. The number of rotatable bonds is 7. The number of halogens is 1. The second kappa shape index (κ2) is 9.48. The molecule has 0 aliphatic carbocycles. The van der Waals surface area contributed by atoms with E-state index in [0.29, 0.717) is 23.5 Å². The third-order valence-corrected chi connectivity index (χ3v) is 5.30. The van der Waals surface area contributed by atoms with E-state index >= 15 is 0 Å². The van der Waals surface area contributed by atoms with E-state index < -0.39 is 23.5 Å². The van der Waals surface area contributed by atoms with Gasteiger partial charge < -0.3 is 14.7 Å². The first-order chi connectivity index (χ1) is 16.0. The minimum absolute atomic E-state index is 0.0966. The van der Waals surface area contributed by atoms with Gasteiger partial charge in [0.15, 0.2) is 0 Å². The number of nitrogens with zero attached hydrogens (tertiary/aromatic N) is 2. The molecule has 2 heterocycles. The fourth-order valence-corrected chi connectivity index (χ4v) is 3.77. The molecule has 0 bridgehead atoms. The maximum atomic E-state index is 14.1. The number of pyridine rings is 1. The molecule has 1 aliphatic rings. The molecule has 1 aliphatic heterocycles. The normalized spacial score (nSPS) is 17.2. The Labute approximate surface area is 190 Å². The molecule has 7 heteroatoms. The number of hydrogen-bond donors (Lipinski definition) is 1. The molecule has 2 aromatic carbocycles. The molecule has 1 amide bonds. The van der Waals surface area contributed by atoms with Gasteiger partial charge in [0.25, 0.3) is 11.7 Å². The van der Waals surface area contributed by atoms with Crippen LogP contribution in [0.1, 0.15) is 22.7 Å². The molecule has 0 spiro atoms. The van der Waals surface area contributed by atoms with E-state index in [0.717, 1.165) is 5.56 Å².